The van der Waals surface area contributed by atoms with Crippen LogP contribution in [0.15, 0.2) is 24.3 Å². The maximum Gasteiger partial charge on any atom is 0.263 e. The minimum absolute atomic E-state index is 0.0809. The molecule has 1 aromatic carbocycles. The molecule has 1 aromatic rings. The van der Waals surface area contributed by atoms with Crippen LogP contribution in [0.3, 0.4) is 0 Å². The number of aliphatic hydroxyl groups is 1. The van der Waals surface area contributed by atoms with Gasteiger partial charge >= 0.3 is 0 Å². The number of carbonyl (C=O) groups is 1. The molecule has 5 heteroatoms. The monoisotopic (exact) mass is 236 g/mol. The van der Waals surface area contributed by atoms with Crippen LogP contribution in [0.2, 0.25) is 0 Å². The molecule has 1 heterocycles. The van der Waals surface area contributed by atoms with Crippen LogP contribution in [0.25, 0.3) is 0 Å². The number of amides is 1. The second kappa shape index (κ2) is 5.05. The number of para-hydroxylation sites is 2. The summed E-state index contributed by atoms with van der Waals surface area (Å²) < 4.78 is 5.58. The first kappa shape index (κ1) is 11.7. The van der Waals surface area contributed by atoms with Gasteiger partial charge in [0.2, 0.25) is 0 Å². The van der Waals surface area contributed by atoms with Crippen molar-refractivity contribution in [2.24, 2.45) is 0 Å². The third-order valence-corrected chi connectivity index (χ3v) is 2.59. The Morgan fingerprint density at radius 1 is 1.65 bits per heavy atom. The Morgan fingerprint density at radius 3 is 3.18 bits per heavy atom. The lowest BCUT2D eigenvalue weighted by Gasteiger charge is -2.27. The number of anilines is 1. The molecule has 2 atom stereocenters. The lowest BCUT2D eigenvalue weighted by Crippen LogP contribution is -2.48. The van der Waals surface area contributed by atoms with E-state index in [1.54, 1.807) is 6.92 Å². The Bertz CT molecular complexity index is 408. The zero-order valence-corrected chi connectivity index (χ0v) is 9.64. The van der Waals surface area contributed by atoms with E-state index in [-0.39, 0.29) is 18.6 Å². The van der Waals surface area contributed by atoms with Crippen LogP contribution in [0.5, 0.6) is 5.75 Å². The van der Waals surface area contributed by atoms with Crippen molar-refractivity contribution in [3.63, 3.8) is 0 Å². The number of fused-ring (bicyclic) bond motifs is 1. The normalized spacial score (nSPS) is 19.5. The van der Waals surface area contributed by atoms with Crippen molar-refractivity contribution >= 4 is 11.6 Å². The Balaban J connectivity index is 2.00. The minimum Gasteiger partial charge on any atom is -0.477 e. The van der Waals surface area contributed by atoms with E-state index < -0.39 is 6.10 Å². The summed E-state index contributed by atoms with van der Waals surface area (Å²) in [7, 11) is 0. The molecular weight excluding hydrogens is 220 g/mol. The van der Waals surface area contributed by atoms with Gasteiger partial charge in [-0.2, -0.15) is 0 Å². The maximum absolute atomic E-state index is 11.8. The van der Waals surface area contributed by atoms with Gasteiger partial charge in [-0.15, -0.1) is 0 Å². The molecule has 0 saturated heterocycles. The lowest BCUT2D eigenvalue weighted by atomic mass is 10.2. The first-order valence-corrected chi connectivity index (χ1v) is 5.61. The molecule has 92 valence electrons. The van der Waals surface area contributed by atoms with Gasteiger partial charge in [-0.3, -0.25) is 4.79 Å². The van der Waals surface area contributed by atoms with Gasteiger partial charge < -0.3 is 20.5 Å². The fourth-order valence-corrected chi connectivity index (χ4v) is 1.64. The van der Waals surface area contributed by atoms with E-state index in [0.29, 0.717) is 12.3 Å². The molecule has 0 aliphatic carbocycles. The summed E-state index contributed by atoms with van der Waals surface area (Å²) in [5, 5.41) is 14.7. The second-order valence-electron chi connectivity index (χ2n) is 4.08. The highest BCUT2D eigenvalue weighted by molar-refractivity contribution is 5.83. The van der Waals surface area contributed by atoms with Crippen molar-refractivity contribution in [1.29, 1.82) is 0 Å². The van der Waals surface area contributed by atoms with Gasteiger partial charge in [-0.05, 0) is 19.1 Å². The summed E-state index contributed by atoms with van der Waals surface area (Å²) in [5.74, 6) is 0.462. The SMILES string of the molecule is C[C@H](CO)NC(=O)C1CNc2ccccc2O1. The summed E-state index contributed by atoms with van der Waals surface area (Å²) in [6, 6.07) is 7.22. The van der Waals surface area contributed by atoms with Crippen molar-refractivity contribution in [2.45, 2.75) is 19.1 Å². The molecule has 0 aromatic heterocycles. The molecule has 3 N–H and O–H groups in total. The van der Waals surface area contributed by atoms with Crippen LogP contribution in [-0.2, 0) is 4.79 Å². The van der Waals surface area contributed by atoms with Gasteiger partial charge in [-0.25, -0.2) is 0 Å². The molecule has 0 radical (unpaired) electrons. The van der Waals surface area contributed by atoms with Crippen molar-refractivity contribution in [3.8, 4) is 5.75 Å². The number of carbonyl (C=O) groups excluding carboxylic acids is 1. The number of hydrogen-bond donors (Lipinski definition) is 3. The smallest absolute Gasteiger partial charge is 0.263 e. The molecule has 0 saturated carbocycles. The lowest BCUT2D eigenvalue weighted by molar-refractivity contribution is -0.128. The highest BCUT2D eigenvalue weighted by atomic mass is 16.5. The summed E-state index contributed by atoms with van der Waals surface area (Å²) in [5.41, 5.74) is 0.895. The van der Waals surface area contributed by atoms with Gasteiger partial charge in [0, 0.05) is 6.04 Å². The van der Waals surface area contributed by atoms with E-state index in [4.69, 9.17) is 9.84 Å². The quantitative estimate of drug-likeness (QED) is 0.708. The molecule has 5 nitrogen and oxygen atoms in total. The molecule has 2 rings (SSSR count). The molecule has 0 bridgehead atoms. The van der Waals surface area contributed by atoms with E-state index in [1.165, 1.54) is 0 Å². The number of aliphatic hydroxyl groups excluding tert-OH is 1. The van der Waals surface area contributed by atoms with E-state index in [1.807, 2.05) is 24.3 Å². The fourth-order valence-electron chi connectivity index (χ4n) is 1.64. The Kier molecular flexibility index (Phi) is 3.49. The van der Waals surface area contributed by atoms with Gasteiger partial charge in [0.15, 0.2) is 6.10 Å². The average molecular weight is 236 g/mol. The number of hydrogen-bond acceptors (Lipinski definition) is 4. The summed E-state index contributed by atoms with van der Waals surface area (Å²) in [6.07, 6.45) is -0.557. The van der Waals surface area contributed by atoms with Crippen molar-refractivity contribution in [2.75, 3.05) is 18.5 Å². The predicted octanol–water partition coefficient (Wildman–Crippen LogP) is 0.356. The van der Waals surface area contributed by atoms with Crippen molar-refractivity contribution in [3.05, 3.63) is 24.3 Å². The highest BCUT2D eigenvalue weighted by Crippen LogP contribution is 2.28. The Morgan fingerprint density at radius 2 is 2.41 bits per heavy atom. The topological polar surface area (TPSA) is 70.6 Å². The number of ether oxygens (including phenoxy) is 1. The molecule has 0 spiro atoms. The van der Waals surface area contributed by atoms with Crippen LogP contribution in [0, 0.1) is 0 Å². The maximum atomic E-state index is 11.8. The molecule has 1 aliphatic rings. The number of rotatable bonds is 3. The fraction of sp³-hybridized carbons (Fsp3) is 0.417. The molecule has 17 heavy (non-hydrogen) atoms. The minimum atomic E-state index is -0.557. The zero-order chi connectivity index (χ0) is 12.3. The van der Waals surface area contributed by atoms with Gasteiger partial charge in [-0.1, -0.05) is 12.1 Å². The van der Waals surface area contributed by atoms with Gasteiger partial charge in [0.05, 0.1) is 18.8 Å². The van der Waals surface area contributed by atoms with Crippen LogP contribution in [0.1, 0.15) is 6.92 Å². The van der Waals surface area contributed by atoms with E-state index in [9.17, 15) is 4.79 Å². The van der Waals surface area contributed by atoms with Gasteiger partial charge in [0.1, 0.15) is 5.75 Å². The third kappa shape index (κ3) is 2.68. The number of nitrogens with one attached hydrogen (secondary N) is 2. The van der Waals surface area contributed by atoms with E-state index in [0.717, 1.165) is 5.69 Å². The van der Waals surface area contributed by atoms with Crippen molar-refractivity contribution in [1.82, 2.24) is 5.32 Å². The second-order valence-corrected chi connectivity index (χ2v) is 4.08. The van der Waals surface area contributed by atoms with Crippen LogP contribution in [0.4, 0.5) is 5.69 Å². The molecule has 0 fully saturated rings. The Labute approximate surface area is 99.8 Å². The van der Waals surface area contributed by atoms with E-state index >= 15 is 0 Å². The predicted molar refractivity (Wildman–Crippen MR) is 64.0 cm³/mol. The number of benzene rings is 1. The van der Waals surface area contributed by atoms with Crippen LogP contribution < -0.4 is 15.4 Å². The summed E-state index contributed by atoms with van der Waals surface area (Å²) in [6.45, 7) is 2.09. The van der Waals surface area contributed by atoms with Gasteiger partial charge in [0.25, 0.3) is 5.91 Å². The van der Waals surface area contributed by atoms with E-state index in [2.05, 4.69) is 10.6 Å². The molecule has 1 amide bonds. The first-order valence-electron chi connectivity index (χ1n) is 5.61. The average Bonchev–Trinajstić information content (AvgIpc) is 2.38. The summed E-state index contributed by atoms with van der Waals surface area (Å²) in [4.78, 5) is 11.8. The zero-order valence-electron chi connectivity index (χ0n) is 9.64. The molecule has 1 aliphatic heterocycles. The van der Waals surface area contributed by atoms with Crippen molar-refractivity contribution < 1.29 is 14.6 Å². The molecule has 1 unspecified atom stereocenters. The highest BCUT2D eigenvalue weighted by Gasteiger charge is 2.26. The van der Waals surface area contributed by atoms with Crippen LogP contribution >= 0.6 is 0 Å². The van der Waals surface area contributed by atoms with Crippen LogP contribution in [-0.4, -0.2) is 36.3 Å². The summed E-state index contributed by atoms with van der Waals surface area (Å²) >= 11 is 0. The third-order valence-electron chi connectivity index (χ3n) is 2.59. The Hall–Kier alpha value is -1.75. The first-order chi connectivity index (χ1) is 8.20. The standard InChI is InChI=1S/C12H16N2O3/c1-8(7-15)14-12(16)11-6-13-9-4-2-3-5-10(9)17-11/h2-5,8,11,13,15H,6-7H2,1H3,(H,14,16)/t8-,11?/m1/s1. The molecular formula is C12H16N2O3. The largest absolute Gasteiger partial charge is 0.477 e.